The minimum atomic E-state index is -0.329. The van der Waals surface area contributed by atoms with E-state index >= 15 is 0 Å². The summed E-state index contributed by atoms with van der Waals surface area (Å²) in [6, 6.07) is 0. The van der Waals surface area contributed by atoms with Crippen molar-refractivity contribution in [1.29, 1.82) is 0 Å². The molecular weight excluding hydrogens is 172 g/mol. The van der Waals surface area contributed by atoms with Gasteiger partial charge in [-0.1, -0.05) is 37.6 Å². The SMILES string of the molecule is CC1(C)C/C(=C\CCl)C=C[C@@H]1O. The van der Waals surface area contributed by atoms with Gasteiger partial charge >= 0.3 is 0 Å². The molecule has 0 aromatic heterocycles. The Hall–Kier alpha value is -0.270. The van der Waals surface area contributed by atoms with Gasteiger partial charge in [-0.3, -0.25) is 0 Å². The Labute approximate surface area is 78.7 Å². The monoisotopic (exact) mass is 186 g/mol. The van der Waals surface area contributed by atoms with E-state index in [1.165, 1.54) is 5.57 Å². The van der Waals surface area contributed by atoms with Crippen LogP contribution in [0.2, 0.25) is 0 Å². The zero-order valence-corrected chi connectivity index (χ0v) is 8.30. The molecule has 0 aromatic rings. The normalized spacial score (nSPS) is 31.0. The second-order valence-electron chi connectivity index (χ2n) is 3.90. The number of allylic oxidation sites excluding steroid dienone is 3. The summed E-state index contributed by atoms with van der Waals surface area (Å²) in [4.78, 5) is 0. The van der Waals surface area contributed by atoms with Gasteiger partial charge in [0.1, 0.15) is 0 Å². The van der Waals surface area contributed by atoms with Crippen LogP contribution in [0, 0.1) is 5.41 Å². The Bertz CT molecular complexity index is 216. The van der Waals surface area contributed by atoms with Crippen molar-refractivity contribution < 1.29 is 5.11 Å². The van der Waals surface area contributed by atoms with Gasteiger partial charge in [-0.05, 0) is 11.8 Å². The van der Waals surface area contributed by atoms with E-state index < -0.39 is 0 Å². The second-order valence-corrected chi connectivity index (χ2v) is 4.21. The predicted octanol–water partition coefficient (Wildman–Crippen LogP) is 2.50. The Morgan fingerprint density at radius 1 is 1.75 bits per heavy atom. The van der Waals surface area contributed by atoms with Gasteiger partial charge in [0.05, 0.1) is 6.10 Å². The fourth-order valence-electron chi connectivity index (χ4n) is 1.40. The van der Waals surface area contributed by atoms with Crippen molar-refractivity contribution in [2.24, 2.45) is 5.41 Å². The van der Waals surface area contributed by atoms with Crippen LogP contribution < -0.4 is 0 Å². The Kier molecular flexibility index (Phi) is 2.97. The van der Waals surface area contributed by atoms with E-state index in [9.17, 15) is 5.11 Å². The van der Waals surface area contributed by atoms with Gasteiger partial charge in [0.25, 0.3) is 0 Å². The summed E-state index contributed by atoms with van der Waals surface area (Å²) in [7, 11) is 0. The predicted molar refractivity (Wildman–Crippen MR) is 52.3 cm³/mol. The molecule has 12 heavy (non-hydrogen) atoms. The van der Waals surface area contributed by atoms with Crippen molar-refractivity contribution in [2.45, 2.75) is 26.4 Å². The lowest BCUT2D eigenvalue weighted by molar-refractivity contribution is 0.0870. The highest BCUT2D eigenvalue weighted by atomic mass is 35.5. The largest absolute Gasteiger partial charge is 0.388 e. The van der Waals surface area contributed by atoms with Gasteiger partial charge < -0.3 is 5.11 Å². The molecule has 1 nitrogen and oxygen atoms in total. The molecule has 1 aliphatic rings. The van der Waals surface area contributed by atoms with E-state index in [1.54, 1.807) is 0 Å². The zero-order valence-electron chi connectivity index (χ0n) is 7.55. The van der Waals surface area contributed by atoms with Crippen molar-refractivity contribution >= 4 is 11.6 Å². The molecule has 1 aliphatic carbocycles. The molecule has 1 atom stereocenters. The summed E-state index contributed by atoms with van der Waals surface area (Å²) < 4.78 is 0. The number of aliphatic hydroxyl groups is 1. The molecule has 68 valence electrons. The Morgan fingerprint density at radius 3 is 2.92 bits per heavy atom. The molecule has 0 saturated heterocycles. The van der Waals surface area contributed by atoms with Crippen molar-refractivity contribution in [3.05, 3.63) is 23.8 Å². The number of hydrogen-bond donors (Lipinski definition) is 1. The van der Waals surface area contributed by atoms with Gasteiger partial charge in [-0.15, -0.1) is 11.6 Å². The zero-order chi connectivity index (χ0) is 9.19. The minimum absolute atomic E-state index is 0.0490. The first-order chi connectivity index (χ1) is 5.56. The van der Waals surface area contributed by atoms with E-state index in [4.69, 9.17) is 11.6 Å². The van der Waals surface area contributed by atoms with Crippen molar-refractivity contribution in [3.63, 3.8) is 0 Å². The molecular formula is C10H15ClO. The average Bonchev–Trinajstić information content (AvgIpc) is 1.97. The van der Waals surface area contributed by atoms with Gasteiger partial charge in [-0.25, -0.2) is 0 Å². The molecule has 0 unspecified atom stereocenters. The van der Waals surface area contributed by atoms with Crippen molar-refractivity contribution in [2.75, 3.05) is 5.88 Å². The van der Waals surface area contributed by atoms with E-state index in [2.05, 4.69) is 13.8 Å². The van der Waals surface area contributed by atoms with Gasteiger partial charge in [0.15, 0.2) is 0 Å². The fourth-order valence-corrected chi connectivity index (χ4v) is 1.60. The van der Waals surface area contributed by atoms with E-state index in [0.29, 0.717) is 5.88 Å². The first-order valence-corrected chi connectivity index (χ1v) is 4.71. The number of halogens is 1. The molecule has 0 radical (unpaired) electrons. The topological polar surface area (TPSA) is 20.2 Å². The number of rotatable bonds is 1. The molecule has 0 heterocycles. The maximum Gasteiger partial charge on any atom is 0.0778 e. The maximum absolute atomic E-state index is 9.58. The highest BCUT2D eigenvalue weighted by Gasteiger charge is 2.29. The quantitative estimate of drug-likeness (QED) is 0.624. The molecule has 0 fully saturated rings. The van der Waals surface area contributed by atoms with Crippen molar-refractivity contribution in [3.8, 4) is 0 Å². The first kappa shape index (κ1) is 9.82. The lowest BCUT2D eigenvalue weighted by atomic mass is 9.76. The highest BCUT2D eigenvalue weighted by Crippen LogP contribution is 2.34. The van der Waals surface area contributed by atoms with Crippen LogP contribution >= 0.6 is 11.6 Å². The minimum Gasteiger partial charge on any atom is -0.388 e. The summed E-state index contributed by atoms with van der Waals surface area (Å²) in [5.74, 6) is 0.547. The number of hydrogen-bond acceptors (Lipinski definition) is 1. The molecule has 0 aliphatic heterocycles. The van der Waals surface area contributed by atoms with Crippen LogP contribution in [0.15, 0.2) is 23.8 Å². The fraction of sp³-hybridized carbons (Fsp3) is 0.600. The van der Waals surface area contributed by atoms with E-state index in [0.717, 1.165) is 6.42 Å². The lowest BCUT2D eigenvalue weighted by Gasteiger charge is -2.32. The average molecular weight is 187 g/mol. The molecule has 0 spiro atoms. The van der Waals surface area contributed by atoms with Crippen LogP contribution in [0.5, 0.6) is 0 Å². The summed E-state index contributed by atoms with van der Waals surface area (Å²) in [6.07, 6.45) is 6.36. The van der Waals surface area contributed by atoms with Crippen LogP contribution in [-0.4, -0.2) is 17.1 Å². The number of alkyl halides is 1. The van der Waals surface area contributed by atoms with Crippen LogP contribution in [0.4, 0.5) is 0 Å². The highest BCUT2D eigenvalue weighted by molar-refractivity contribution is 6.18. The van der Waals surface area contributed by atoms with Gasteiger partial charge in [-0.2, -0.15) is 0 Å². The standard InChI is InChI=1S/C10H15ClO/c1-10(2)7-8(5-6-11)3-4-9(10)12/h3-5,9,12H,6-7H2,1-2H3/b8-5-/t9-/m0/s1. The molecule has 1 N–H and O–H groups in total. The number of aliphatic hydroxyl groups excluding tert-OH is 1. The smallest absolute Gasteiger partial charge is 0.0778 e. The van der Waals surface area contributed by atoms with Crippen LogP contribution in [0.1, 0.15) is 20.3 Å². The summed E-state index contributed by atoms with van der Waals surface area (Å²) in [6.45, 7) is 4.12. The Balaban J connectivity index is 2.79. The third-order valence-electron chi connectivity index (χ3n) is 2.29. The van der Waals surface area contributed by atoms with Crippen LogP contribution in [-0.2, 0) is 0 Å². The molecule has 0 amide bonds. The Morgan fingerprint density at radius 2 is 2.42 bits per heavy atom. The third-order valence-corrected chi connectivity index (χ3v) is 2.45. The molecule has 2 heteroatoms. The van der Waals surface area contributed by atoms with Crippen molar-refractivity contribution in [1.82, 2.24) is 0 Å². The lowest BCUT2D eigenvalue weighted by Crippen LogP contribution is -2.30. The molecule has 0 saturated carbocycles. The molecule has 0 bridgehead atoms. The van der Waals surface area contributed by atoms with E-state index in [-0.39, 0.29) is 11.5 Å². The van der Waals surface area contributed by atoms with Crippen LogP contribution in [0.3, 0.4) is 0 Å². The maximum atomic E-state index is 9.58. The summed E-state index contributed by atoms with van der Waals surface area (Å²) in [5, 5.41) is 9.58. The van der Waals surface area contributed by atoms with E-state index in [1.807, 2.05) is 18.2 Å². The molecule has 0 aromatic carbocycles. The first-order valence-electron chi connectivity index (χ1n) is 4.17. The summed E-state index contributed by atoms with van der Waals surface area (Å²) in [5.41, 5.74) is 1.17. The third kappa shape index (κ3) is 2.11. The van der Waals surface area contributed by atoms with Crippen LogP contribution in [0.25, 0.3) is 0 Å². The second kappa shape index (κ2) is 3.63. The molecule has 1 rings (SSSR count). The summed E-state index contributed by atoms with van der Waals surface area (Å²) >= 11 is 5.59. The van der Waals surface area contributed by atoms with Gasteiger partial charge in [0, 0.05) is 5.88 Å². The van der Waals surface area contributed by atoms with Gasteiger partial charge in [0.2, 0.25) is 0 Å².